The summed E-state index contributed by atoms with van der Waals surface area (Å²) in [6, 6.07) is 5.33. The normalized spacial score (nSPS) is 22.8. The zero-order chi connectivity index (χ0) is 13.7. The third-order valence-corrected chi connectivity index (χ3v) is 4.01. The zero-order valence-corrected chi connectivity index (χ0v) is 11.7. The lowest BCUT2D eigenvalue weighted by Gasteiger charge is -2.28. The van der Waals surface area contributed by atoms with E-state index in [1.54, 1.807) is 25.3 Å². The lowest BCUT2D eigenvalue weighted by molar-refractivity contribution is 0.109. The fraction of sp³-hybridized carbons (Fsp3) is 0.562. The molecule has 0 aliphatic heterocycles. The molecule has 3 heteroatoms. The maximum atomic E-state index is 11.0. The van der Waals surface area contributed by atoms with Gasteiger partial charge in [0.05, 0.1) is 18.8 Å². The smallest absolute Gasteiger partial charge is 0.153 e. The van der Waals surface area contributed by atoms with Crippen molar-refractivity contribution in [1.82, 2.24) is 0 Å². The van der Waals surface area contributed by atoms with Gasteiger partial charge >= 0.3 is 0 Å². The van der Waals surface area contributed by atoms with Crippen LogP contribution in [-0.2, 0) is 0 Å². The van der Waals surface area contributed by atoms with E-state index in [1.807, 2.05) is 0 Å². The van der Waals surface area contributed by atoms with E-state index in [9.17, 15) is 4.79 Å². The Hall–Kier alpha value is -1.51. The third kappa shape index (κ3) is 3.49. The number of aldehydes is 1. The van der Waals surface area contributed by atoms with Crippen molar-refractivity contribution in [2.75, 3.05) is 7.11 Å². The zero-order valence-electron chi connectivity index (χ0n) is 11.7. The van der Waals surface area contributed by atoms with Crippen LogP contribution in [0.15, 0.2) is 18.2 Å². The van der Waals surface area contributed by atoms with Gasteiger partial charge in [-0.15, -0.1) is 0 Å². The molecule has 19 heavy (non-hydrogen) atoms. The molecule has 1 aliphatic rings. The standard InChI is InChI=1S/C16H22O3/c1-3-12-4-7-14(8-5-12)19-16-10-15(18-2)9-6-13(16)11-17/h6,9-12,14H,3-5,7-8H2,1-2H3. The van der Waals surface area contributed by atoms with Crippen LogP contribution in [0.3, 0.4) is 0 Å². The molecule has 1 fully saturated rings. The summed E-state index contributed by atoms with van der Waals surface area (Å²) in [7, 11) is 1.62. The number of methoxy groups -OCH3 is 1. The Balaban J connectivity index is 2.04. The Morgan fingerprint density at radius 3 is 2.58 bits per heavy atom. The molecule has 1 saturated carbocycles. The Bertz CT molecular complexity index is 420. The SMILES string of the molecule is CCC1CCC(Oc2cc(OC)ccc2C=O)CC1. The molecule has 0 atom stereocenters. The number of benzene rings is 1. The third-order valence-electron chi connectivity index (χ3n) is 4.01. The highest BCUT2D eigenvalue weighted by Gasteiger charge is 2.22. The van der Waals surface area contributed by atoms with E-state index in [4.69, 9.17) is 9.47 Å². The van der Waals surface area contributed by atoms with Crippen LogP contribution in [0.5, 0.6) is 11.5 Å². The van der Waals surface area contributed by atoms with Gasteiger partial charge in [0.25, 0.3) is 0 Å². The van der Waals surface area contributed by atoms with Gasteiger partial charge in [0, 0.05) is 6.07 Å². The van der Waals surface area contributed by atoms with Crippen molar-refractivity contribution in [3.63, 3.8) is 0 Å². The van der Waals surface area contributed by atoms with Crippen molar-refractivity contribution in [2.24, 2.45) is 5.92 Å². The summed E-state index contributed by atoms with van der Waals surface area (Å²) < 4.78 is 11.2. The van der Waals surface area contributed by atoms with Crippen LogP contribution in [0.25, 0.3) is 0 Å². The van der Waals surface area contributed by atoms with Gasteiger partial charge in [0.1, 0.15) is 11.5 Å². The second-order valence-electron chi connectivity index (χ2n) is 5.19. The minimum absolute atomic E-state index is 0.230. The topological polar surface area (TPSA) is 35.5 Å². The highest BCUT2D eigenvalue weighted by Crippen LogP contribution is 2.31. The van der Waals surface area contributed by atoms with Crippen LogP contribution in [0, 0.1) is 5.92 Å². The molecule has 1 aromatic carbocycles. The van der Waals surface area contributed by atoms with Crippen molar-refractivity contribution >= 4 is 6.29 Å². The fourth-order valence-electron chi connectivity index (χ4n) is 2.68. The second-order valence-corrected chi connectivity index (χ2v) is 5.19. The van der Waals surface area contributed by atoms with Crippen LogP contribution < -0.4 is 9.47 Å². The second kappa shape index (κ2) is 6.60. The van der Waals surface area contributed by atoms with Gasteiger partial charge in [-0.3, -0.25) is 4.79 Å². The molecule has 0 bridgehead atoms. The molecule has 0 radical (unpaired) electrons. The summed E-state index contributed by atoms with van der Waals surface area (Å²) in [6.45, 7) is 2.25. The van der Waals surface area contributed by atoms with Gasteiger partial charge in [0.15, 0.2) is 6.29 Å². The largest absolute Gasteiger partial charge is 0.497 e. The maximum Gasteiger partial charge on any atom is 0.153 e. The van der Waals surface area contributed by atoms with Crippen molar-refractivity contribution in [3.8, 4) is 11.5 Å². The van der Waals surface area contributed by atoms with E-state index < -0.39 is 0 Å². The maximum absolute atomic E-state index is 11.0. The van der Waals surface area contributed by atoms with E-state index in [1.165, 1.54) is 19.3 Å². The molecule has 1 aromatic rings. The van der Waals surface area contributed by atoms with Gasteiger partial charge in [-0.25, -0.2) is 0 Å². The number of rotatable bonds is 5. The lowest BCUT2D eigenvalue weighted by atomic mass is 9.86. The van der Waals surface area contributed by atoms with Crippen molar-refractivity contribution in [1.29, 1.82) is 0 Å². The summed E-state index contributed by atoms with van der Waals surface area (Å²) >= 11 is 0. The average Bonchev–Trinajstić information content (AvgIpc) is 2.48. The fourth-order valence-corrected chi connectivity index (χ4v) is 2.68. The Labute approximate surface area is 114 Å². The van der Waals surface area contributed by atoms with E-state index in [0.29, 0.717) is 11.3 Å². The molecule has 0 saturated heterocycles. The minimum atomic E-state index is 0.230. The Morgan fingerprint density at radius 2 is 2.00 bits per heavy atom. The van der Waals surface area contributed by atoms with Crippen LogP contribution in [-0.4, -0.2) is 19.5 Å². The molecule has 0 unspecified atom stereocenters. The molecule has 0 spiro atoms. The first-order valence-corrected chi connectivity index (χ1v) is 7.06. The molecule has 1 aliphatic carbocycles. The molecular weight excluding hydrogens is 240 g/mol. The van der Waals surface area contributed by atoms with Gasteiger partial charge in [-0.05, 0) is 43.7 Å². The minimum Gasteiger partial charge on any atom is -0.497 e. The molecule has 104 valence electrons. The van der Waals surface area contributed by atoms with E-state index in [2.05, 4.69) is 6.92 Å². The molecule has 0 amide bonds. The summed E-state index contributed by atoms with van der Waals surface area (Å²) in [6.07, 6.45) is 6.93. The highest BCUT2D eigenvalue weighted by atomic mass is 16.5. The van der Waals surface area contributed by atoms with Crippen LogP contribution in [0.1, 0.15) is 49.4 Å². The predicted molar refractivity (Wildman–Crippen MR) is 75.0 cm³/mol. The monoisotopic (exact) mass is 262 g/mol. The van der Waals surface area contributed by atoms with E-state index in [0.717, 1.165) is 30.8 Å². The average molecular weight is 262 g/mol. The van der Waals surface area contributed by atoms with Gasteiger partial charge in [0.2, 0.25) is 0 Å². The van der Waals surface area contributed by atoms with Crippen molar-refractivity contribution < 1.29 is 14.3 Å². The number of carbonyl (C=O) groups excluding carboxylic acids is 1. The predicted octanol–water partition coefficient (Wildman–Crippen LogP) is 3.86. The number of carbonyl (C=O) groups is 1. The summed E-state index contributed by atoms with van der Waals surface area (Å²) in [4.78, 5) is 11.0. The molecule has 3 nitrogen and oxygen atoms in total. The molecule has 0 aromatic heterocycles. The van der Waals surface area contributed by atoms with E-state index in [-0.39, 0.29) is 6.10 Å². The number of ether oxygens (including phenoxy) is 2. The first-order chi connectivity index (χ1) is 9.26. The van der Waals surface area contributed by atoms with Gasteiger partial charge in [-0.2, -0.15) is 0 Å². The van der Waals surface area contributed by atoms with Gasteiger partial charge < -0.3 is 9.47 Å². The molecule has 0 heterocycles. The first kappa shape index (κ1) is 13.9. The van der Waals surface area contributed by atoms with Crippen LogP contribution >= 0.6 is 0 Å². The Morgan fingerprint density at radius 1 is 1.26 bits per heavy atom. The molecular formula is C16H22O3. The number of hydrogen-bond acceptors (Lipinski definition) is 3. The summed E-state index contributed by atoms with van der Waals surface area (Å²) in [5.41, 5.74) is 0.596. The Kier molecular flexibility index (Phi) is 4.83. The van der Waals surface area contributed by atoms with E-state index >= 15 is 0 Å². The number of hydrogen-bond donors (Lipinski definition) is 0. The quantitative estimate of drug-likeness (QED) is 0.756. The summed E-state index contributed by atoms with van der Waals surface area (Å²) in [5, 5.41) is 0. The first-order valence-electron chi connectivity index (χ1n) is 7.06. The molecule has 2 rings (SSSR count). The van der Waals surface area contributed by atoms with Gasteiger partial charge in [-0.1, -0.05) is 13.3 Å². The lowest BCUT2D eigenvalue weighted by Crippen LogP contribution is -2.24. The van der Waals surface area contributed by atoms with Crippen LogP contribution in [0.2, 0.25) is 0 Å². The summed E-state index contributed by atoms with van der Waals surface area (Å²) in [5.74, 6) is 2.22. The molecule has 0 N–H and O–H groups in total. The van der Waals surface area contributed by atoms with Crippen molar-refractivity contribution in [3.05, 3.63) is 23.8 Å². The van der Waals surface area contributed by atoms with Crippen LogP contribution in [0.4, 0.5) is 0 Å². The van der Waals surface area contributed by atoms with Crippen molar-refractivity contribution in [2.45, 2.75) is 45.1 Å². The highest BCUT2D eigenvalue weighted by molar-refractivity contribution is 5.79.